The molecule has 1 fully saturated rings. The van der Waals surface area contributed by atoms with E-state index in [0.29, 0.717) is 0 Å². The lowest BCUT2D eigenvalue weighted by molar-refractivity contribution is 0.400. The molecule has 18 heavy (non-hydrogen) atoms. The van der Waals surface area contributed by atoms with Crippen LogP contribution in [0.1, 0.15) is 38.3 Å². The average Bonchev–Trinajstić information content (AvgIpc) is 2.88. The lowest BCUT2D eigenvalue weighted by atomic mass is 10.0. The summed E-state index contributed by atoms with van der Waals surface area (Å²) in [5.74, 6) is 2.10. The van der Waals surface area contributed by atoms with Gasteiger partial charge < -0.3 is 5.32 Å². The SMILES string of the molecule is CCNC1CCCC1CCSc1cc(C)nn1C. The van der Waals surface area contributed by atoms with Gasteiger partial charge in [0.05, 0.1) is 10.7 Å². The molecule has 0 radical (unpaired) electrons. The summed E-state index contributed by atoms with van der Waals surface area (Å²) >= 11 is 1.95. The van der Waals surface area contributed by atoms with Gasteiger partial charge in [-0.25, -0.2) is 0 Å². The van der Waals surface area contributed by atoms with Crippen molar-refractivity contribution in [2.24, 2.45) is 13.0 Å². The first-order valence-corrected chi connectivity index (χ1v) is 8.06. The summed E-state index contributed by atoms with van der Waals surface area (Å²) in [4.78, 5) is 0. The highest BCUT2D eigenvalue weighted by molar-refractivity contribution is 7.99. The Labute approximate surface area is 115 Å². The summed E-state index contributed by atoms with van der Waals surface area (Å²) in [6.07, 6.45) is 5.50. The molecule has 0 aromatic carbocycles. The monoisotopic (exact) mass is 267 g/mol. The van der Waals surface area contributed by atoms with Gasteiger partial charge in [-0.2, -0.15) is 5.10 Å². The number of hydrogen-bond acceptors (Lipinski definition) is 3. The topological polar surface area (TPSA) is 29.9 Å². The van der Waals surface area contributed by atoms with Crippen LogP contribution < -0.4 is 5.32 Å². The van der Waals surface area contributed by atoms with Crippen molar-refractivity contribution in [2.75, 3.05) is 12.3 Å². The van der Waals surface area contributed by atoms with E-state index in [0.717, 1.165) is 24.2 Å². The third-order valence-electron chi connectivity index (χ3n) is 3.82. The number of aryl methyl sites for hydroxylation is 2. The quantitative estimate of drug-likeness (QED) is 0.804. The fourth-order valence-corrected chi connectivity index (χ4v) is 4.06. The molecule has 0 saturated heterocycles. The van der Waals surface area contributed by atoms with E-state index in [2.05, 4.69) is 30.3 Å². The van der Waals surface area contributed by atoms with Crippen LogP contribution in [0, 0.1) is 12.8 Å². The Morgan fingerprint density at radius 3 is 3.00 bits per heavy atom. The maximum Gasteiger partial charge on any atom is 0.0939 e. The van der Waals surface area contributed by atoms with Gasteiger partial charge in [0.15, 0.2) is 0 Å². The average molecular weight is 267 g/mol. The molecule has 0 aliphatic heterocycles. The normalized spacial score (nSPS) is 23.7. The highest BCUT2D eigenvalue weighted by atomic mass is 32.2. The zero-order valence-corrected chi connectivity index (χ0v) is 12.6. The molecule has 1 aliphatic rings. The Balaban J connectivity index is 1.76. The van der Waals surface area contributed by atoms with Crippen LogP contribution in [0.5, 0.6) is 0 Å². The van der Waals surface area contributed by atoms with Crippen LogP contribution in [0.2, 0.25) is 0 Å². The first-order valence-electron chi connectivity index (χ1n) is 7.07. The zero-order chi connectivity index (χ0) is 13.0. The van der Waals surface area contributed by atoms with Gasteiger partial charge in [-0.05, 0) is 50.5 Å². The molecule has 0 spiro atoms. The Kier molecular flexibility index (Phi) is 5.13. The van der Waals surface area contributed by atoms with Gasteiger partial charge in [-0.1, -0.05) is 13.3 Å². The highest BCUT2D eigenvalue weighted by Crippen LogP contribution is 2.30. The third kappa shape index (κ3) is 3.51. The molecule has 2 unspecified atom stereocenters. The fourth-order valence-electron chi connectivity index (χ4n) is 2.95. The minimum absolute atomic E-state index is 0.767. The van der Waals surface area contributed by atoms with Crippen LogP contribution in [0.25, 0.3) is 0 Å². The van der Waals surface area contributed by atoms with Crippen LogP contribution in [-0.2, 0) is 7.05 Å². The molecule has 2 rings (SSSR count). The van der Waals surface area contributed by atoms with E-state index in [4.69, 9.17) is 0 Å². The van der Waals surface area contributed by atoms with E-state index in [-0.39, 0.29) is 0 Å². The van der Waals surface area contributed by atoms with Crippen LogP contribution in [-0.4, -0.2) is 28.1 Å². The second-order valence-electron chi connectivity index (χ2n) is 5.24. The summed E-state index contributed by atoms with van der Waals surface area (Å²) in [6.45, 7) is 5.38. The van der Waals surface area contributed by atoms with E-state index in [1.807, 2.05) is 23.5 Å². The molecule has 4 heteroatoms. The Morgan fingerprint density at radius 2 is 2.33 bits per heavy atom. The van der Waals surface area contributed by atoms with Gasteiger partial charge in [-0.3, -0.25) is 4.68 Å². The molecule has 1 saturated carbocycles. The first kappa shape index (κ1) is 13.9. The summed E-state index contributed by atoms with van der Waals surface area (Å²) < 4.78 is 2.00. The molecule has 1 aliphatic carbocycles. The second kappa shape index (κ2) is 6.62. The van der Waals surface area contributed by atoms with Crippen molar-refractivity contribution in [3.05, 3.63) is 11.8 Å². The number of thioether (sulfide) groups is 1. The molecule has 3 nitrogen and oxygen atoms in total. The summed E-state index contributed by atoms with van der Waals surface area (Å²) in [7, 11) is 2.03. The number of hydrogen-bond donors (Lipinski definition) is 1. The van der Waals surface area contributed by atoms with Crippen molar-refractivity contribution in [1.29, 1.82) is 0 Å². The standard InChI is InChI=1S/C14H25N3S/c1-4-15-13-7-5-6-12(13)8-9-18-14-10-11(2)16-17(14)3/h10,12-13,15H,4-9H2,1-3H3. The van der Waals surface area contributed by atoms with E-state index in [1.165, 1.54) is 36.5 Å². The van der Waals surface area contributed by atoms with Crippen molar-refractivity contribution >= 4 is 11.8 Å². The van der Waals surface area contributed by atoms with Gasteiger partial charge in [0, 0.05) is 13.1 Å². The lowest BCUT2D eigenvalue weighted by Gasteiger charge is -2.19. The van der Waals surface area contributed by atoms with Crippen LogP contribution in [0.15, 0.2) is 11.1 Å². The lowest BCUT2D eigenvalue weighted by Crippen LogP contribution is -2.32. The molecule has 0 amide bonds. The molecular weight excluding hydrogens is 242 g/mol. The van der Waals surface area contributed by atoms with Gasteiger partial charge in [0.2, 0.25) is 0 Å². The summed E-state index contributed by atoms with van der Waals surface area (Å²) in [5, 5.41) is 9.32. The molecular formula is C14H25N3S. The predicted octanol–water partition coefficient (Wildman–Crippen LogP) is 2.99. The number of rotatable bonds is 6. The van der Waals surface area contributed by atoms with Gasteiger partial charge in [0.25, 0.3) is 0 Å². The van der Waals surface area contributed by atoms with Gasteiger partial charge in [-0.15, -0.1) is 11.8 Å². The largest absolute Gasteiger partial charge is 0.314 e. The molecule has 1 aromatic heterocycles. The number of aromatic nitrogens is 2. The van der Waals surface area contributed by atoms with Crippen LogP contribution >= 0.6 is 11.8 Å². The molecule has 1 aromatic rings. The molecule has 102 valence electrons. The minimum atomic E-state index is 0.767. The van der Waals surface area contributed by atoms with Crippen LogP contribution in [0.3, 0.4) is 0 Å². The van der Waals surface area contributed by atoms with Crippen molar-refractivity contribution in [1.82, 2.24) is 15.1 Å². The van der Waals surface area contributed by atoms with Crippen molar-refractivity contribution < 1.29 is 0 Å². The highest BCUT2D eigenvalue weighted by Gasteiger charge is 2.25. The summed E-state index contributed by atoms with van der Waals surface area (Å²) in [5.41, 5.74) is 1.12. The second-order valence-corrected chi connectivity index (χ2v) is 6.36. The molecule has 1 heterocycles. The molecule has 0 bridgehead atoms. The molecule has 2 atom stereocenters. The first-order chi connectivity index (χ1) is 8.70. The molecule has 1 N–H and O–H groups in total. The fraction of sp³-hybridized carbons (Fsp3) is 0.786. The van der Waals surface area contributed by atoms with E-state index in [1.54, 1.807) is 0 Å². The maximum absolute atomic E-state index is 4.39. The Bertz CT molecular complexity index is 375. The van der Waals surface area contributed by atoms with E-state index >= 15 is 0 Å². The zero-order valence-electron chi connectivity index (χ0n) is 11.8. The Hall–Kier alpha value is -0.480. The number of nitrogens with one attached hydrogen (secondary N) is 1. The van der Waals surface area contributed by atoms with Crippen molar-refractivity contribution in [3.8, 4) is 0 Å². The van der Waals surface area contributed by atoms with Gasteiger partial charge in [0.1, 0.15) is 0 Å². The van der Waals surface area contributed by atoms with Gasteiger partial charge >= 0.3 is 0 Å². The van der Waals surface area contributed by atoms with Crippen molar-refractivity contribution in [3.63, 3.8) is 0 Å². The Morgan fingerprint density at radius 1 is 1.50 bits per heavy atom. The maximum atomic E-state index is 4.39. The van der Waals surface area contributed by atoms with E-state index in [9.17, 15) is 0 Å². The van der Waals surface area contributed by atoms with Crippen molar-refractivity contribution in [2.45, 2.75) is 50.6 Å². The smallest absolute Gasteiger partial charge is 0.0939 e. The summed E-state index contributed by atoms with van der Waals surface area (Å²) in [6, 6.07) is 2.95. The van der Waals surface area contributed by atoms with E-state index < -0.39 is 0 Å². The minimum Gasteiger partial charge on any atom is -0.314 e. The van der Waals surface area contributed by atoms with Crippen LogP contribution in [0.4, 0.5) is 0 Å². The third-order valence-corrected chi connectivity index (χ3v) is 4.94. The number of nitrogens with zero attached hydrogens (tertiary/aromatic N) is 2. The predicted molar refractivity (Wildman–Crippen MR) is 78.1 cm³/mol.